The monoisotopic (exact) mass is 273 g/mol. The minimum Gasteiger partial charge on any atom is -0.480 e. The van der Waals surface area contributed by atoms with Gasteiger partial charge in [0.05, 0.1) is 5.56 Å². The number of anilines is 1. The first-order valence-electron chi connectivity index (χ1n) is 6.05. The van der Waals surface area contributed by atoms with Crippen LogP contribution in [0.2, 0.25) is 0 Å². The second kappa shape index (κ2) is 5.16. The molecule has 2 aromatic rings. The van der Waals surface area contributed by atoms with E-state index in [0.717, 1.165) is 21.4 Å². The van der Waals surface area contributed by atoms with E-state index in [1.165, 1.54) is 0 Å². The lowest BCUT2D eigenvalue weighted by atomic mass is 10.0. The Kier molecular flexibility index (Phi) is 3.56. The molecule has 2 rings (SSSR count). The zero-order chi connectivity index (χ0) is 14.9. The van der Waals surface area contributed by atoms with Crippen molar-refractivity contribution in [1.29, 1.82) is 0 Å². The van der Waals surface area contributed by atoms with Crippen LogP contribution in [0, 0.1) is 13.8 Å². The molecule has 0 aliphatic heterocycles. The first-order valence-corrected chi connectivity index (χ1v) is 6.05. The molecular weight excluding hydrogens is 258 g/mol. The highest BCUT2D eigenvalue weighted by molar-refractivity contribution is 5.92. The third-order valence-corrected chi connectivity index (χ3v) is 3.07. The lowest BCUT2D eigenvalue weighted by Crippen LogP contribution is -2.12. The molecule has 0 saturated carbocycles. The molecule has 0 spiro atoms. The predicted molar refractivity (Wildman–Crippen MR) is 74.6 cm³/mol. The maximum absolute atomic E-state index is 11.2. The molecule has 20 heavy (non-hydrogen) atoms. The van der Waals surface area contributed by atoms with Gasteiger partial charge in [-0.05, 0) is 19.4 Å². The van der Waals surface area contributed by atoms with Gasteiger partial charge in [-0.3, -0.25) is 9.59 Å². The number of aldehydes is 1. The number of hydrogen-bond acceptors (Lipinski definition) is 4. The number of aryl methyl sites for hydroxylation is 2. The maximum Gasteiger partial charge on any atom is 0.325 e. The number of carbonyl (C=O) groups excluding carboxylic acids is 1. The van der Waals surface area contributed by atoms with Crippen molar-refractivity contribution in [3.63, 3.8) is 0 Å². The molecule has 0 bridgehead atoms. The molecule has 0 saturated heterocycles. The fourth-order valence-corrected chi connectivity index (χ4v) is 2.13. The number of nitrogens with two attached hydrogens (primary N) is 1. The number of rotatable bonds is 4. The molecule has 6 heteroatoms. The summed E-state index contributed by atoms with van der Waals surface area (Å²) in [5.41, 5.74) is 9.24. The Balaban J connectivity index is 2.61. The smallest absolute Gasteiger partial charge is 0.325 e. The van der Waals surface area contributed by atoms with Gasteiger partial charge in [0.25, 0.3) is 0 Å². The molecule has 1 aromatic carbocycles. The molecule has 3 N–H and O–H groups in total. The molecule has 0 unspecified atom stereocenters. The van der Waals surface area contributed by atoms with E-state index < -0.39 is 5.97 Å². The van der Waals surface area contributed by atoms with Crippen molar-refractivity contribution in [3.8, 4) is 11.3 Å². The van der Waals surface area contributed by atoms with Gasteiger partial charge >= 0.3 is 5.97 Å². The van der Waals surface area contributed by atoms with Gasteiger partial charge in [0, 0.05) is 5.56 Å². The molecule has 0 aliphatic rings. The maximum atomic E-state index is 11.2. The largest absolute Gasteiger partial charge is 0.480 e. The predicted octanol–water partition coefficient (Wildman–Crippen LogP) is 1.65. The highest BCUT2D eigenvalue weighted by Gasteiger charge is 2.19. The van der Waals surface area contributed by atoms with Crippen LogP contribution in [0.1, 0.15) is 21.5 Å². The summed E-state index contributed by atoms with van der Waals surface area (Å²) in [7, 11) is 0. The van der Waals surface area contributed by atoms with E-state index in [-0.39, 0.29) is 17.9 Å². The van der Waals surface area contributed by atoms with Gasteiger partial charge in [0.1, 0.15) is 18.1 Å². The summed E-state index contributed by atoms with van der Waals surface area (Å²) in [5.74, 6) is -0.999. The highest BCUT2D eigenvalue weighted by Crippen LogP contribution is 2.28. The van der Waals surface area contributed by atoms with Gasteiger partial charge in [0.2, 0.25) is 0 Å². The number of nitrogens with zero attached hydrogens (tertiary/aromatic N) is 2. The molecule has 0 aliphatic carbocycles. The quantitative estimate of drug-likeness (QED) is 0.825. The fraction of sp³-hybridized carbons (Fsp3) is 0.214. The minimum atomic E-state index is -1.07. The van der Waals surface area contributed by atoms with Crippen LogP contribution in [0.25, 0.3) is 11.3 Å². The van der Waals surface area contributed by atoms with E-state index in [4.69, 9.17) is 10.8 Å². The molecule has 1 heterocycles. The third kappa shape index (κ3) is 2.40. The molecule has 0 radical (unpaired) electrons. The number of aromatic nitrogens is 2. The van der Waals surface area contributed by atoms with E-state index >= 15 is 0 Å². The number of carbonyl (C=O) groups is 2. The Labute approximate surface area is 115 Å². The van der Waals surface area contributed by atoms with Gasteiger partial charge in [-0.15, -0.1) is 0 Å². The van der Waals surface area contributed by atoms with Crippen LogP contribution < -0.4 is 5.73 Å². The van der Waals surface area contributed by atoms with Gasteiger partial charge in [0.15, 0.2) is 6.29 Å². The standard InChI is InChI=1S/C14H15N3O3/c1-8-3-4-10(9(2)5-8)13-11(7-18)14(15)17(16-13)6-12(19)20/h3-5,7H,6,15H2,1-2H3,(H,19,20). The van der Waals surface area contributed by atoms with Gasteiger partial charge in [-0.2, -0.15) is 5.10 Å². The van der Waals surface area contributed by atoms with Crippen LogP contribution in [0.3, 0.4) is 0 Å². The van der Waals surface area contributed by atoms with E-state index in [2.05, 4.69) is 5.10 Å². The Morgan fingerprint density at radius 2 is 2.15 bits per heavy atom. The van der Waals surface area contributed by atoms with Crippen LogP contribution in [0.5, 0.6) is 0 Å². The number of carboxylic acid groups (broad SMARTS) is 1. The number of nitrogen functional groups attached to an aromatic ring is 1. The summed E-state index contributed by atoms with van der Waals surface area (Å²) in [5, 5.41) is 13.0. The first kappa shape index (κ1) is 13.8. The van der Waals surface area contributed by atoms with E-state index in [1.54, 1.807) is 0 Å². The van der Waals surface area contributed by atoms with Crippen molar-refractivity contribution in [2.24, 2.45) is 0 Å². The molecule has 104 valence electrons. The molecule has 0 amide bonds. The number of carboxylic acids is 1. The van der Waals surface area contributed by atoms with Crippen LogP contribution in [0.4, 0.5) is 5.82 Å². The van der Waals surface area contributed by atoms with Crippen LogP contribution >= 0.6 is 0 Å². The van der Waals surface area contributed by atoms with E-state index in [0.29, 0.717) is 12.0 Å². The lowest BCUT2D eigenvalue weighted by molar-refractivity contribution is -0.137. The molecule has 0 atom stereocenters. The van der Waals surface area contributed by atoms with Crippen molar-refractivity contribution in [2.75, 3.05) is 5.73 Å². The zero-order valence-electron chi connectivity index (χ0n) is 11.3. The van der Waals surface area contributed by atoms with Gasteiger partial charge < -0.3 is 10.8 Å². The zero-order valence-corrected chi connectivity index (χ0v) is 11.3. The van der Waals surface area contributed by atoms with E-state index in [9.17, 15) is 9.59 Å². The van der Waals surface area contributed by atoms with Crippen LogP contribution in [0.15, 0.2) is 18.2 Å². The van der Waals surface area contributed by atoms with Crippen molar-refractivity contribution < 1.29 is 14.7 Å². The summed E-state index contributed by atoms with van der Waals surface area (Å²) in [6, 6.07) is 5.73. The Hall–Kier alpha value is -2.63. The summed E-state index contributed by atoms with van der Waals surface area (Å²) < 4.78 is 1.13. The Morgan fingerprint density at radius 1 is 1.45 bits per heavy atom. The second-order valence-corrected chi connectivity index (χ2v) is 4.64. The summed E-state index contributed by atoms with van der Waals surface area (Å²) in [6.45, 7) is 3.50. The minimum absolute atomic E-state index is 0.0670. The Morgan fingerprint density at radius 3 is 2.70 bits per heavy atom. The van der Waals surface area contributed by atoms with Crippen molar-refractivity contribution in [1.82, 2.24) is 9.78 Å². The molecule has 1 aromatic heterocycles. The first-order chi connectivity index (χ1) is 9.43. The van der Waals surface area contributed by atoms with Crippen molar-refractivity contribution >= 4 is 18.1 Å². The number of benzene rings is 1. The van der Waals surface area contributed by atoms with E-state index in [1.807, 2.05) is 32.0 Å². The van der Waals surface area contributed by atoms with Gasteiger partial charge in [-0.25, -0.2) is 4.68 Å². The third-order valence-electron chi connectivity index (χ3n) is 3.07. The van der Waals surface area contributed by atoms with Crippen molar-refractivity contribution in [3.05, 3.63) is 34.9 Å². The van der Waals surface area contributed by atoms with Crippen LogP contribution in [-0.4, -0.2) is 27.1 Å². The lowest BCUT2D eigenvalue weighted by Gasteiger charge is -2.04. The van der Waals surface area contributed by atoms with Crippen LogP contribution in [-0.2, 0) is 11.3 Å². The molecule has 0 fully saturated rings. The summed E-state index contributed by atoms with van der Waals surface area (Å²) in [6.07, 6.45) is 0.606. The molecular formula is C14H15N3O3. The average molecular weight is 273 g/mol. The topological polar surface area (TPSA) is 98.2 Å². The Bertz CT molecular complexity index is 689. The normalized spacial score (nSPS) is 10.5. The van der Waals surface area contributed by atoms with Gasteiger partial charge in [-0.1, -0.05) is 23.8 Å². The number of hydrogen-bond donors (Lipinski definition) is 2. The highest BCUT2D eigenvalue weighted by atomic mass is 16.4. The summed E-state index contributed by atoms with van der Waals surface area (Å²) in [4.78, 5) is 22.0. The van der Waals surface area contributed by atoms with Crippen molar-refractivity contribution in [2.45, 2.75) is 20.4 Å². The molecule has 6 nitrogen and oxygen atoms in total. The number of aliphatic carboxylic acids is 1. The fourth-order valence-electron chi connectivity index (χ4n) is 2.13. The average Bonchev–Trinajstić information content (AvgIpc) is 2.65. The SMILES string of the molecule is Cc1ccc(-c2nn(CC(=O)O)c(N)c2C=O)c(C)c1. The second-order valence-electron chi connectivity index (χ2n) is 4.64. The summed E-state index contributed by atoms with van der Waals surface area (Å²) >= 11 is 0.